The van der Waals surface area contributed by atoms with Crippen molar-refractivity contribution >= 4 is 29.2 Å². The molecule has 0 aliphatic carbocycles. The van der Waals surface area contributed by atoms with Crippen LogP contribution in [-0.2, 0) is 7.05 Å². The molecule has 0 radical (unpaired) electrons. The molecule has 2 nitrogen and oxygen atoms in total. The van der Waals surface area contributed by atoms with Crippen molar-refractivity contribution in [1.29, 1.82) is 0 Å². The second kappa shape index (κ2) is 8.18. The number of para-hydroxylation sites is 1. The first-order valence-electron chi connectivity index (χ1n) is 8.57. The van der Waals surface area contributed by atoms with Crippen LogP contribution in [0, 0.1) is 0 Å². The number of anilines is 1. The second-order valence-electron chi connectivity index (χ2n) is 6.09. The Morgan fingerprint density at radius 1 is 1.00 bits per heavy atom. The SMILES string of the molecule is CCN1C(=Cc2scc(-c3ccccc3)[n+]2C)C=Cc2ccccc21.[I-]. The third kappa shape index (κ3) is 3.48. The minimum absolute atomic E-state index is 0. The monoisotopic (exact) mass is 472 g/mol. The first kappa shape index (κ1) is 18.9. The highest BCUT2D eigenvalue weighted by Gasteiger charge is 2.20. The second-order valence-corrected chi connectivity index (χ2v) is 6.98. The quantitative estimate of drug-likeness (QED) is 0.419. The molecule has 0 N–H and O–H groups in total. The molecule has 0 unspecified atom stereocenters. The highest BCUT2D eigenvalue weighted by atomic mass is 127. The Labute approximate surface area is 176 Å². The summed E-state index contributed by atoms with van der Waals surface area (Å²) in [7, 11) is 2.14. The van der Waals surface area contributed by atoms with Gasteiger partial charge in [0.15, 0.2) is 0 Å². The van der Waals surface area contributed by atoms with Crippen LogP contribution in [-0.4, -0.2) is 6.54 Å². The van der Waals surface area contributed by atoms with Gasteiger partial charge in [0.25, 0.3) is 5.01 Å². The lowest BCUT2D eigenvalue weighted by Crippen LogP contribution is -3.00. The van der Waals surface area contributed by atoms with Gasteiger partial charge in [0.2, 0.25) is 5.69 Å². The third-order valence-electron chi connectivity index (χ3n) is 4.61. The van der Waals surface area contributed by atoms with Crippen molar-refractivity contribution in [2.75, 3.05) is 11.4 Å². The van der Waals surface area contributed by atoms with E-state index in [4.69, 9.17) is 0 Å². The number of likely N-dealkylation sites (N-methyl/N-ethyl adjacent to an activating group) is 1. The minimum Gasteiger partial charge on any atom is -1.00 e. The van der Waals surface area contributed by atoms with Crippen LogP contribution in [0.3, 0.4) is 0 Å². The van der Waals surface area contributed by atoms with Crippen LogP contribution in [0.5, 0.6) is 0 Å². The van der Waals surface area contributed by atoms with Crippen LogP contribution in [0.25, 0.3) is 23.4 Å². The molecular formula is C22H21IN2S. The zero-order valence-electron chi connectivity index (χ0n) is 14.9. The first-order chi connectivity index (χ1) is 12.3. The Bertz CT molecular complexity index is 957. The topological polar surface area (TPSA) is 7.12 Å². The highest BCUT2D eigenvalue weighted by Crippen LogP contribution is 2.31. The van der Waals surface area contributed by atoms with Crippen LogP contribution in [0.2, 0.25) is 0 Å². The van der Waals surface area contributed by atoms with Gasteiger partial charge in [0, 0.05) is 29.6 Å². The van der Waals surface area contributed by atoms with Gasteiger partial charge in [-0.15, -0.1) is 0 Å². The summed E-state index contributed by atoms with van der Waals surface area (Å²) in [6, 6.07) is 19.1. The van der Waals surface area contributed by atoms with Gasteiger partial charge in [0.1, 0.15) is 7.05 Å². The van der Waals surface area contributed by atoms with Crippen LogP contribution >= 0.6 is 11.3 Å². The molecule has 0 fully saturated rings. The fourth-order valence-electron chi connectivity index (χ4n) is 3.28. The lowest BCUT2D eigenvalue weighted by atomic mass is 10.1. The van der Waals surface area contributed by atoms with Gasteiger partial charge in [-0.1, -0.05) is 53.8 Å². The van der Waals surface area contributed by atoms with Gasteiger partial charge in [-0.2, -0.15) is 4.57 Å². The van der Waals surface area contributed by atoms with Crippen molar-refractivity contribution in [2.24, 2.45) is 7.05 Å². The summed E-state index contributed by atoms with van der Waals surface area (Å²) in [5, 5.41) is 3.48. The van der Waals surface area contributed by atoms with E-state index in [1.165, 1.54) is 33.2 Å². The summed E-state index contributed by atoms with van der Waals surface area (Å²) in [5.41, 5.74) is 6.30. The molecule has 0 saturated carbocycles. The van der Waals surface area contributed by atoms with Gasteiger partial charge in [-0.3, -0.25) is 0 Å². The molecule has 0 amide bonds. The molecule has 0 bridgehead atoms. The normalized spacial score (nSPS) is 14.2. The van der Waals surface area contributed by atoms with Crippen LogP contribution in [0.1, 0.15) is 17.5 Å². The van der Waals surface area contributed by atoms with E-state index in [1.807, 2.05) is 0 Å². The van der Waals surface area contributed by atoms with Gasteiger partial charge < -0.3 is 28.9 Å². The number of nitrogens with zero attached hydrogens (tertiary/aromatic N) is 2. The molecule has 26 heavy (non-hydrogen) atoms. The molecule has 2 heterocycles. The van der Waals surface area contributed by atoms with E-state index in [0.29, 0.717) is 0 Å². The summed E-state index contributed by atoms with van der Waals surface area (Å²) in [4.78, 5) is 2.37. The van der Waals surface area contributed by atoms with E-state index >= 15 is 0 Å². The molecule has 0 saturated heterocycles. The van der Waals surface area contributed by atoms with Crippen LogP contribution in [0.15, 0.2) is 71.8 Å². The summed E-state index contributed by atoms with van der Waals surface area (Å²) >= 11 is 1.78. The fraction of sp³-hybridized carbons (Fsp3) is 0.136. The summed E-state index contributed by atoms with van der Waals surface area (Å²) in [6.45, 7) is 3.15. The number of rotatable bonds is 3. The molecule has 3 aromatic rings. The van der Waals surface area contributed by atoms with E-state index in [2.05, 4.69) is 102 Å². The number of fused-ring (bicyclic) bond motifs is 1. The number of benzene rings is 2. The standard InChI is InChI=1S/C22H21N2S.HI/c1-3-24-19(14-13-18-11-7-8-12-20(18)24)15-22-23(2)21(16-25-22)17-9-5-4-6-10-17;/h4-16H,3H2,1-2H3;1H/q+1;/p-1. The lowest BCUT2D eigenvalue weighted by molar-refractivity contribution is -0.657. The predicted molar refractivity (Wildman–Crippen MR) is 107 cm³/mol. The largest absolute Gasteiger partial charge is 1.00 e. The smallest absolute Gasteiger partial charge is 0.264 e. The van der Waals surface area contributed by atoms with Crippen molar-refractivity contribution in [2.45, 2.75) is 6.92 Å². The Kier molecular flexibility index (Phi) is 5.94. The Balaban J connectivity index is 0.00000196. The van der Waals surface area contributed by atoms with E-state index in [0.717, 1.165) is 6.54 Å². The molecule has 1 aliphatic rings. The van der Waals surface area contributed by atoms with Gasteiger partial charge >= 0.3 is 0 Å². The van der Waals surface area contributed by atoms with Gasteiger partial charge in [-0.25, -0.2) is 0 Å². The Morgan fingerprint density at radius 3 is 2.50 bits per heavy atom. The number of hydrogen-bond acceptors (Lipinski definition) is 2. The van der Waals surface area contributed by atoms with E-state index < -0.39 is 0 Å². The summed E-state index contributed by atoms with van der Waals surface area (Å²) < 4.78 is 2.27. The van der Waals surface area contributed by atoms with Gasteiger partial charge in [-0.05, 0) is 36.8 Å². The Morgan fingerprint density at radius 2 is 1.73 bits per heavy atom. The van der Waals surface area contributed by atoms with Crippen molar-refractivity contribution < 1.29 is 28.5 Å². The fourth-order valence-corrected chi connectivity index (χ4v) is 4.25. The van der Waals surface area contributed by atoms with Crippen LogP contribution < -0.4 is 33.4 Å². The lowest BCUT2D eigenvalue weighted by Gasteiger charge is -2.28. The zero-order valence-corrected chi connectivity index (χ0v) is 17.9. The third-order valence-corrected chi connectivity index (χ3v) is 5.59. The number of hydrogen-bond donors (Lipinski definition) is 0. The minimum atomic E-state index is 0. The van der Waals surface area contributed by atoms with Crippen molar-refractivity contribution in [3.63, 3.8) is 0 Å². The summed E-state index contributed by atoms with van der Waals surface area (Å²) in [6.07, 6.45) is 6.71. The van der Waals surface area contributed by atoms with Crippen molar-refractivity contribution in [3.05, 3.63) is 82.3 Å². The van der Waals surface area contributed by atoms with Crippen molar-refractivity contribution in [3.8, 4) is 11.3 Å². The average Bonchev–Trinajstić information content (AvgIpc) is 3.03. The molecule has 0 spiro atoms. The first-order valence-corrected chi connectivity index (χ1v) is 9.45. The molecular weight excluding hydrogens is 451 g/mol. The maximum absolute atomic E-state index is 2.37. The maximum atomic E-state index is 2.37. The highest BCUT2D eigenvalue weighted by molar-refractivity contribution is 7.10. The predicted octanol–water partition coefficient (Wildman–Crippen LogP) is 2.14. The molecule has 4 heteroatoms. The number of aromatic nitrogens is 1. The number of halogens is 1. The van der Waals surface area contributed by atoms with E-state index in [9.17, 15) is 0 Å². The zero-order chi connectivity index (χ0) is 17.2. The number of thiazole rings is 1. The summed E-state index contributed by atoms with van der Waals surface area (Å²) in [5.74, 6) is 0. The average molecular weight is 472 g/mol. The van der Waals surface area contributed by atoms with E-state index in [1.54, 1.807) is 11.3 Å². The number of allylic oxidation sites excluding steroid dienone is 1. The van der Waals surface area contributed by atoms with Crippen molar-refractivity contribution in [1.82, 2.24) is 0 Å². The molecule has 2 aromatic carbocycles. The van der Waals surface area contributed by atoms with Crippen LogP contribution in [0.4, 0.5) is 5.69 Å². The van der Waals surface area contributed by atoms with Gasteiger partial charge in [0.05, 0.1) is 5.38 Å². The molecule has 4 rings (SSSR count). The molecule has 1 aliphatic heterocycles. The van der Waals surface area contributed by atoms with E-state index in [-0.39, 0.29) is 24.0 Å². The molecule has 0 atom stereocenters. The maximum Gasteiger partial charge on any atom is 0.264 e. The Hall–Kier alpha value is -1.92. The molecule has 132 valence electrons. The molecule has 1 aromatic heterocycles.